The van der Waals surface area contributed by atoms with Gasteiger partial charge in [-0.05, 0) is 49.3 Å². The first-order valence-corrected chi connectivity index (χ1v) is 8.43. The summed E-state index contributed by atoms with van der Waals surface area (Å²) in [5.74, 6) is -2.14. The van der Waals surface area contributed by atoms with Gasteiger partial charge in [0.05, 0.1) is 6.61 Å². The van der Waals surface area contributed by atoms with E-state index in [1.807, 2.05) is 0 Å². The number of aliphatic hydroxyl groups is 1. The van der Waals surface area contributed by atoms with Crippen LogP contribution in [0.5, 0.6) is 0 Å². The molecular weight excluding hydrogens is 300 g/mol. The molecule has 0 spiro atoms. The zero-order valence-corrected chi connectivity index (χ0v) is 12.6. The van der Waals surface area contributed by atoms with Crippen LogP contribution in [0.15, 0.2) is 17.0 Å². The third kappa shape index (κ3) is 3.78. The van der Waals surface area contributed by atoms with Gasteiger partial charge in [0.15, 0.2) is 11.6 Å². The maximum absolute atomic E-state index is 13.8. The maximum atomic E-state index is 13.8. The Kier molecular flexibility index (Phi) is 4.95. The summed E-state index contributed by atoms with van der Waals surface area (Å²) in [5.41, 5.74) is 0.0199. The van der Waals surface area contributed by atoms with Crippen molar-refractivity contribution in [2.24, 2.45) is 5.92 Å². The fraction of sp³-hybridized carbons (Fsp3) is 0.571. The first-order valence-electron chi connectivity index (χ1n) is 6.94. The molecule has 0 unspecified atom stereocenters. The number of aliphatic hydroxyl groups excluding tert-OH is 1. The summed E-state index contributed by atoms with van der Waals surface area (Å²) in [4.78, 5) is -0.745. The Morgan fingerprint density at radius 1 is 1.24 bits per heavy atom. The molecule has 1 aliphatic rings. The van der Waals surface area contributed by atoms with Crippen molar-refractivity contribution in [3.8, 4) is 0 Å². The zero-order valence-electron chi connectivity index (χ0n) is 11.8. The SMILES string of the molecule is CC1CCC(NS(=O)(=O)c2cc(CO)cc(F)c2F)CC1. The van der Waals surface area contributed by atoms with Crippen molar-refractivity contribution in [3.05, 3.63) is 29.3 Å². The molecular formula is C14H19F2NO3S. The minimum atomic E-state index is -4.14. The van der Waals surface area contributed by atoms with E-state index in [0.717, 1.165) is 25.0 Å². The fourth-order valence-corrected chi connectivity index (χ4v) is 4.01. The van der Waals surface area contributed by atoms with Gasteiger partial charge in [-0.1, -0.05) is 6.92 Å². The molecule has 0 bridgehead atoms. The van der Waals surface area contributed by atoms with Gasteiger partial charge in [-0.3, -0.25) is 0 Å². The molecule has 0 atom stereocenters. The van der Waals surface area contributed by atoms with Gasteiger partial charge in [-0.25, -0.2) is 21.9 Å². The van der Waals surface area contributed by atoms with Crippen molar-refractivity contribution in [1.82, 2.24) is 4.72 Å². The minimum absolute atomic E-state index is 0.0199. The molecule has 1 aromatic rings. The number of halogens is 2. The van der Waals surface area contributed by atoms with Crippen LogP contribution in [0.3, 0.4) is 0 Å². The second-order valence-corrected chi connectivity index (χ2v) is 7.31. The smallest absolute Gasteiger partial charge is 0.243 e. The molecule has 118 valence electrons. The van der Waals surface area contributed by atoms with Gasteiger partial charge in [0.2, 0.25) is 10.0 Å². The Hall–Kier alpha value is -1.05. The van der Waals surface area contributed by atoms with Crippen LogP contribution >= 0.6 is 0 Å². The highest BCUT2D eigenvalue weighted by atomic mass is 32.2. The zero-order chi connectivity index (χ0) is 15.6. The summed E-state index contributed by atoms with van der Waals surface area (Å²) >= 11 is 0. The molecule has 1 aromatic carbocycles. The fourth-order valence-electron chi connectivity index (χ4n) is 2.56. The highest BCUT2D eigenvalue weighted by Crippen LogP contribution is 2.26. The molecule has 0 heterocycles. The summed E-state index contributed by atoms with van der Waals surface area (Å²) < 4.78 is 54.0. The molecule has 0 aromatic heterocycles. The Labute approximate surface area is 123 Å². The Morgan fingerprint density at radius 3 is 2.43 bits per heavy atom. The molecule has 0 amide bonds. The lowest BCUT2D eigenvalue weighted by Crippen LogP contribution is -2.37. The summed E-state index contributed by atoms with van der Waals surface area (Å²) in [5, 5.41) is 8.99. The lowest BCUT2D eigenvalue weighted by Gasteiger charge is -2.26. The Morgan fingerprint density at radius 2 is 1.86 bits per heavy atom. The highest BCUT2D eigenvalue weighted by molar-refractivity contribution is 7.89. The van der Waals surface area contributed by atoms with Crippen LogP contribution in [0.25, 0.3) is 0 Å². The molecule has 0 saturated heterocycles. The average Bonchev–Trinajstić information content (AvgIpc) is 2.43. The van der Waals surface area contributed by atoms with E-state index in [2.05, 4.69) is 11.6 Å². The monoisotopic (exact) mass is 319 g/mol. The van der Waals surface area contributed by atoms with E-state index >= 15 is 0 Å². The third-order valence-electron chi connectivity index (χ3n) is 3.86. The van der Waals surface area contributed by atoms with Crippen molar-refractivity contribution < 1.29 is 22.3 Å². The van der Waals surface area contributed by atoms with E-state index in [1.54, 1.807) is 0 Å². The number of rotatable bonds is 4. The molecule has 2 N–H and O–H groups in total. The van der Waals surface area contributed by atoms with E-state index in [9.17, 15) is 17.2 Å². The van der Waals surface area contributed by atoms with Crippen LogP contribution in [-0.2, 0) is 16.6 Å². The van der Waals surface area contributed by atoms with Crippen molar-refractivity contribution in [2.45, 2.75) is 50.2 Å². The lowest BCUT2D eigenvalue weighted by atomic mass is 9.88. The number of benzene rings is 1. The average molecular weight is 319 g/mol. The largest absolute Gasteiger partial charge is 0.392 e. The van der Waals surface area contributed by atoms with E-state index in [0.29, 0.717) is 18.8 Å². The standard InChI is InChI=1S/C14H19F2NO3S/c1-9-2-4-11(5-3-9)17-21(19,20)13-7-10(8-18)6-12(15)14(13)16/h6-7,9,11,17-18H,2-5,8H2,1H3. The van der Waals surface area contributed by atoms with Crippen LogP contribution in [0.1, 0.15) is 38.2 Å². The molecule has 2 rings (SSSR count). The van der Waals surface area contributed by atoms with E-state index in [1.165, 1.54) is 0 Å². The predicted molar refractivity (Wildman–Crippen MR) is 74.0 cm³/mol. The van der Waals surface area contributed by atoms with Crippen LogP contribution in [0, 0.1) is 17.6 Å². The summed E-state index contributed by atoms with van der Waals surface area (Å²) in [6.45, 7) is 1.55. The quantitative estimate of drug-likeness (QED) is 0.895. The van der Waals surface area contributed by atoms with Crippen molar-refractivity contribution in [2.75, 3.05) is 0 Å². The van der Waals surface area contributed by atoms with Gasteiger partial charge in [0.25, 0.3) is 0 Å². The molecule has 1 saturated carbocycles. The van der Waals surface area contributed by atoms with E-state index < -0.39 is 33.2 Å². The summed E-state index contributed by atoms with van der Waals surface area (Å²) in [7, 11) is -4.14. The molecule has 0 aliphatic heterocycles. The van der Waals surface area contributed by atoms with E-state index in [-0.39, 0.29) is 11.6 Å². The summed E-state index contributed by atoms with van der Waals surface area (Å²) in [6, 6.07) is 1.49. The molecule has 7 heteroatoms. The molecule has 0 radical (unpaired) electrons. The molecule has 4 nitrogen and oxygen atoms in total. The number of sulfonamides is 1. The van der Waals surface area contributed by atoms with Gasteiger partial charge >= 0.3 is 0 Å². The van der Waals surface area contributed by atoms with Crippen molar-refractivity contribution >= 4 is 10.0 Å². The summed E-state index contributed by atoms with van der Waals surface area (Å²) in [6.07, 6.45) is 3.18. The maximum Gasteiger partial charge on any atom is 0.243 e. The van der Waals surface area contributed by atoms with Gasteiger partial charge in [-0.15, -0.1) is 0 Å². The lowest BCUT2D eigenvalue weighted by molar-refractivity contribution is 0.280. The Balaban J connectivity index is 2.25. The van der Waals surface area contributed by atoms with Crippen molar-refractivity contribution in [3.63, 3.8) is 0 Å². The first kappa shape index (κ1) is 16.3. The second kappa shape index (κ2) is 6.37. The second-order valence-electron chi connectivity index (χ2n) is 5.63. The number of nitrogens with one attached hydrogen (secondary N) is 1. The molecule has 1 fully saturated rings. The molecule has 21 heavy (non-hydrogen) atoms. The highest BCUT2D eigenvalue weighted by Gasteiger charge is 2.27. The van der Waals surface area contributed by atoms with Crippen LogP contribution < -0.4 is 4.72 Å². The topological polar surface area (TPSA) is 66.4 Å². The van der Waals surface area contributed by atoms with Gasteiger partial charge in [0.1, 0.15) is 4.90 Å². The van der Waals surface area contributed by atoms with Gasteiger partial charge in [0, 0.05) is 6.04 Å². The van der Waals surface area contributed by atoms with Crippen molar-refractivity contribution in [1.29, 1.82) is 0 Å². The Bertz CT molecular complexity index is 611. The normalized spacial score (nSPS) is 23.2. The van der Waals surface area contributed by atoms with Crippen LogP contribution in [0.4, 0.5) is 8.78 Å². The van der Waals surface area contributed by atoms with Crippen LogP contribution in [0.2, 0.25) is 0 Å². The predicted octanol–water partition coefficient (Wildman–Crippen LogP) is 2.31. The van der Waals surface area contributed by atoms with E-state index in [4.69, 9.17) is 5.11 Å². The van der Waals surface area contributed by atoms with Gasteiger partial charge < -0.3 is 5.11 Å². The van der Waals surface area contributed by atoms with Gasteiger partial charge in [-0.2, -0.15) is 0 Å². The third-order valence-corrected chi connectivity index (χ3v) is 5.38. The van der Waals surface area contributed by atoms with Crippen LogP contribution in [-0.4, -0.2) is 19.6 Å². The number of hydrogen-bond donors (Lipinski definition) is 2. The minimum Gasteiger partial charge on any atom is -0.392 e. The first-order chi connectivity index (χ1) is 9.83. The molecule has 1 aliphatic carbocycles. The number of hydrogen-bond acceptors (Lipinski definition) is 3.